The van der Waals surface area contributed by atoms with E-state index in [1.807, 2.05) is 6.92 Å². The molecule has 0 aliphatic heterocycles. The molecular weight excluding hydrogens is 277 g/mol. The molecule has 0 fully saturated rings. The Morgan fingerprint density at radius 1 is 1.43 bits per heavy atom. The fourth-order valence-corrected chi connectivity index (χ4v) is 1.67. The van der Waals surface area contributed by atoms with Gasteiger partial charge in [0.1, 0.15) is 5.82 Å². The number of esters is 1. The maximum absolute atomic E-state index is 13.5. The van der Waals surface area contributed by atoms with Crippen LogP contribution in [0.1, 0.15) is 24.2 Å². The molecule has 1 heterocycles. The van der Waals surface area contributed by atoms with Crippen molar-refractivity contribution < 1.29 is 18.7 Å². The Hall–Kier alpha value is -2.70. The van der Waals surface area contributed by atoms with Crippen LogP contribution in [0.15, 0.2) is 30.6 Å². The molecule has 0 spiro atoms. The molecule has 110 valence electrons. The second kappa shape index (κ2) is 6.17. The lowest BCUT2D eigenvalue weighted by atomic mass is 10.2. The van der Waals surface area contributed by atoms with Gasteiger partial charge in [-0.2, -0.15) is 5.10 Å². The van der Waals surface area contributed by atoms with E-state index in [1.54, 1.807) is 10.9 Å². The number of nitrogens with one attached hydrogen (secondary N) is 1. The molecule has 7 heteroatoms. The van der Waals surface area contributed by atoms with Crippen molar-refractivity contribution in [2.45, 2.75) is 20.4 Å². The molecule has 0 aliphatic rings. The van der Waals surface area contributed by atoms with E-state index in [1.165, 1.54) is 25.3 Å². The van der Waals surface area contributed by atoms with Crippen LogP contribution in [0.2, 0.25) is 0 Å². The van der Waals surface area contributed by atoms with E-state index in [4.69, 9.17) is 4.74 Å². The Morgan fingerprint density at radius 3 is 2.81 bits per heavy atom. The number of carbonyl (C=O) groups is 2. The van der Waals surface area contributed by atoms with Gasteiger partial charge in [-0.05, 0) is 25.1 Å². The Kier molecular flexibility index (Phi) is 4.32. The molecule has 2 rings (SSSR count). The lowest BCUT2D eigenvalue weighted by Crippen LogP contribution is -2.11. The molecule has 0 aliphatic carbocycles. The molecule has 6 nitrogen and oxygen atoms in total. The van der Waals surface area contributed by atoms with Crippen molar-refractivity contribution >= 4 is 17.6 Å². The van der Waals surface area contributed by atoms with Crippen LogP contribution in [0.4, 0.5) is 10.1 Å². The lowest BCUT2D eigenvalue weighted by Gasteiger charge is -2.06. The first-order valence-corrected chi connectivity index (χ1v) is 6.31. The van der Waals surface area contributed by atoms with Crippen molar-refractivity contribution in [2.24, 2.45) is 0 Å². The molecule has 1 amide bonds. The summed E-state index contributed by atoms with van der Waals surface area (Å²) in [6.45, 7) is 3.81. The summed E-state index contributed by atoms with van der Waals surface area (Å²) < 4.78 is 20.2. The summed E-state index contributed by atoms with van der Waals surface area (Å²) in [5.41, 5.74) is 0.0607. The van der Waals surface area contributed by atoms with Gasteiger partial charge < -0.3 is 10.1 Å². The molecule has 21 heavy (non-hydrogen) atoms. The molecular formula is C14H14FN3O3. The summed E-state index contributed by atoms with van der Waals surface area (Å²) in [6, 6.07) is 3.61. The third kappa shape index (κ3) is 3.65. The predicted octanol–water partition coefficient (Wildman–Crippen LogP) is 2.22. The quantitative estimate of drug-likeness (QED) is 0.877. The minimum Gasteiger partial charge on any atom is -0.420 e. The standard InChI is InChI=1S/C14H14FN3O3/c1-3-18-8-11(7-16-18)21-14(20)10-4-5-12(15)13(6-10)17-9(2)19/h4-8H,3H2,1-2H3,(H,17,19). The summed E-state index contributed by atoms with van der Waals surface area (Å²) in [4.78, 5) is 22.9. The van der Waals surface area contributed by atoms with Gasteiger partial charge in [-0.25, -0.2) is 9.18 Å². The number of hydrogen-bond acceptors (Lipinski definition) is 4. The smallest absolute Gasteiger partial charge is 0.343 e. The van der Waals surface area contributed by atoms with Gasteiger partial charge in [0.15, 0.2) is 5.75 Å². The molecule has 0 radical (unpaired) electrons. The van der Waals surface area contributed by atoms with Crippen LogP contribution in [-0.4, -0.2) is 21.7 Å². The van der Waals surface area contributed by atoms with Gasteiger partial charge in [0.2, 0.25) is 5.91 Å². The Bertz CT molecular complexity index is 682. The summed E-state index contributed by atoms with van der Waals surface area (Å²) in [5.74, 6) is -1.41. The maximum Gasteiger partial charge on any atom is 0.343 e. The number of aryl methyl sites for hydroxylation is 1. The molecule has 0 unspecified atom stereocenters. The van der Waals surface area contributed by atoms with Gasteiger partial charge in [0.05, 0.1) is 23.6 Å². The zero-order valence-electron chi connectivity index (χ0n) is 11.6. The van der Waals surface area contributed by atoms with Crippen LogP contribution >= 0.6 is 0 Å². The topological polar surface area (TPSA) is 73.2 Å². The van der Waals surface area contributed by atoms with Crippen LogP contribution in [0.3, 0.4) is 0 Å². The van der Waals surface area contributed by atoms with Gasteiger partial charge in [-0.1, -0.05) is 0 Å². The average molecular weight is 291 g/mol. The van der Waals surface area contributed by atoms with Gasteiger partial charge in [-0.3, -0.25) is 9.48 Å². The second-order valence-corrected chi connectivity index (χ2v) is 4.30. The van der Waals surface area contributed by atoms with Crippen LogP contribution in [0.5, 0.6) is 5.75 Å². The average Bonchev–Trinajstić information content (AvgIpc) is 2.88. The first kappa shape index (κ1) is 14.7. The van der Waals surface area contributed by atoms with Crippen molar-refractivity contribution in [3.05, 3.63) is 42.0 Å². The highest BCUT2D eigenvalue weighted by atomic mass is 19.1. The highest BCUT2D eigenvalue weighted by Gasteiger charge is 2.13. The molecule has 1 aromatic carbocycles. The number of aromatic nitrogens is 2. The zero-order chi connectivity index (χ0) is 15.4. The zero-order valence-corrected chi connectivity index (χ0v) is 11.6. The molecule has 0 saturated carbocycles. The fourth-order valence-electron chi connectivity index (χ4n) is 1.67. The summed E-state index contributed by atoms with van der Waals surface area (Å²) >= 11 is 0. The minimum absolute atomic E-state index is 0.0683. The number of amides is 1. The van der Waals surface area contributed by atoms with Gasteiger partial charge in [0, 0.05) is 13.5 Å². The first-order chi connectivity index (χ1) is 9.99. The SMILES string of the molecule is CCn1cc(OC(=O)c2ccc(F)c(NC(C)=O)c2)cn1. The van der Waals surface area contributed by atoms with E-state index in [0.717, 1.165) is 6.07 Å². The van der Waals surface area contributed by atoms with Gasteiger partial charge in [0.25, 0.3) is 0 Å². The largest absolute Gasteiger partial charge is 0.420 e. The number of ether oxygens (including phenoxy) is 1. The Labute approximate surface area is 120 Å². The number of rotatable bonds is 4. The van der Waals surface area contributed by atoms with E-state index < -0.39 is 17.7 Å². The van der Waals surface area contributed by atoms with Crippen LogP contribution in [-0.2, 0) is 11.3 Å². The number of halogens is 1. The summed E-state index contributed by atoms with van der Waals surface area (Å²) in [6.07, 6.45) is 3.00. The van der Waals surface area contributed by atoms with Crippen LogP contribution < -0.4 is 10.1 Å². The normalized spacial score (nSPS) is 10.2. The minimum atomic E-state index is -0.655. The van der Waals surface area contributed by atoms with E-state index in [0.29, 0.717) is 12.3 Å². The van der Waals surface area contributed by atoms with Crippen molar-refractivity contribution in [2.75, 3.05) is 5.32 Å². The van der Waals surface area contributed by atoms with E-state index in [2.05, 4.69) is 10.4 Å². The predicted molar refractivity (Wildman–Crippen MR) is 73.6 cm³/mol. The Balaban J connectivity index is 2.16. The number of nitrogens with zero attached hydrogens (tertiary/aromatic N) is 2. The lowest BCUT2D eigenvalue weighted by molar-refractivity contribution is -0.114. The van der Waals surface area contributed by atoms with Crippen molar-refractivity contribution in [1.29, 1.82) is 0 Å². The highest BCUT2D eigenvalue weighted by Crippen LogP contribution is 2.18. The summed E-state index contributed by atoms with van der Waals surface area (Å²) in [7, 11) is 0. The third-order valence-corrected chi connectivity index (χ3v) is 2.66. The van der Waals surface area contributed by atoms with Crippen molar-refractivity contribution in [1.82, 2.24) is 9.78 Å². The van der Waals surface area contributed by atoms with E-state index >= 15 is 0 Å². The third-order valence-electron chi connectivity index (χ3n) is 2.66. The molecule has 0 bridgehead atoms. The van der Waals surface area contributed by atoms with Gasteiger partial charge >= 0.3 is 5.97 Å². The number of carbonyl (C=O) groups excluding carboxylic acids is 2. The molecule has 1 aromatic heterocycles. The van der Waals surface area contributed by atoms with Crippen LogP contribution in [0, 0.1) is 5.82 Å². The highest BCUT2D eigenvalue weighted by molar-refractivity contribution is 5.94. The first-order valence-electron chi connectivity index (χ1n) is 6.31. The number of anilines is 1. The summed E-state index contributed by atoms with van der Waals surface area (Å²) in [5, 5.41) is 6.28. The van der Waals surface area contributed by atoms with E-state index in [9.17, 15) is 14.0 Å². The number of hydrogen-bond donors (Lipinski definition) is 1. The fraction of sp³-hybridized carbons (Fsp3) is 0.214. The second-order valence-electron chi connectivity index (χ2n) is 4.30. The van der Waals surface area contributed by atoms with Crippen molar-refractivity contribution in [3.8, 4) is 5.75 Å². The maximum atomic E-state index is 13.5. The van der Waals surface area contributed by atoms with Crippen LogP contribution in [0.25, 0.3) is 0 Å². The van der Waals surface area contributed by atoms with Gasteiger partial charge in [-0.15, -0.1) is 0 Å². The Morgan fingerprint density at radius 2 is 2.19 bits per heavy atom. The molecule has 2 aromatic rings. The molecule has 0 saturated heterocycles. The van der Waals surface area contributed by atoms with Crippen molar-refractivity contribution in [3.63, 3.8) is 0 Å². The van der Waals surface area contributed by atoms with E-state index in [-0.39, 0.29) is 11.3 Å². The number of benzene rings is 1. The monoisotopic (exact) mass is 291 g/mol. The molecule has 0 atom stereocenters. The molecule has 1 N–H and O–H groups in total.